The fourth-order valence-electron chi connectivity index (χ4n) is 4.51. The molecular weight excluding hydrogens is 456 g/mol. The summed E-state index contributed by atoms with van der Waals surface area (Å²) in [5.41, 5.74) is 1.88. The number of anilines is 1. The molecule has 4 rings (SSSR count). The van der Waals surface area contributed by atoms with E-state index in [9.17, 15) is 9.59 Å². The first kappa shape index (κ1) is 25.8. The van der Waals surface area contributed by atoms with Crippen molar-refractivity contribution in [3.63, 3.8) is 0 Å². The maximum absolute atomic E-state index is 12.7. The number of esters is 1. The van der Waals surface area contributed by atoms with E-state index in [-0.39, 0.29) is 23.9 Å². The monoisotopic (exact) mass is 492 g/mol. The molecule has 1 aromatic heterocycles. The van der Waals surface area contributed by atoms with Gasteiger partial charge in [-0.15, -0.1) is 0 Å². The zero-order chi connectivity index (χ0) is 25.5. The van der Waals surface area contributed by atoms with Crippen molar-refractivity contribution in [3.8, 4) is 11.5 Å². The van der Waals surface area contributed by atoms with Gasteiger partial charge in [0.25, 0.3) is 0 Å². The molecule has 0 spiro atoms. The summed E-state index contributed by atoms with van der Waals surface area (Å²) in [5.74, 6) is 0.888. The largest absolute Gasteiger partial charge is 0.461 e. The van der Waals surface area contributed by atoms with E-state index in [1.54, 1.807) is 6.07 Å². The van der Waals surface area contributed by atoms with Crippen LogP contribution in [-0.4, -0.2) is 24.7 Å². The van der Waals surface area contributed by atoms with Crippen LogP contribution in [0.1, 0.15) is 58.4 Å². The standard InChI is InChI=1S/C29H36N2O5/c1-4-30-22-12-11-21-16-27(29(33)36-26(21)17-22)34-24-13-9-20(10-14-24)18-31-25(15-19(2)3)28(32)35-23-7-5-6-8-23/h9-14,16-17,19,23,25,30-31H,4-8,15,18H2,1-3H3/t25-/m0/s1. The lowest BCUT2D eigenvalue weighted by Crippen LogP contribution is -2.40. The Morgan fingerprint density at radius 1 is 1.08 bits per heavy atom. The summed E-state index contributed by atoms with van der Waals surface area (Å²) in [6, 6.07) is 14.5. The van der Waals surface area contributed by atoms with Gasteiger partial charge in [0, 0.05) is 30.2 Å². The summed E-state index contributed by atoms with van der Waals surface area (Å²) in [6.45, 7) is 7.53. The Hall–Kier alpha value is -3.32. The van der Waals surface area contributed by atoms with Crippen molar-refractivity contribution >= 4 is 22.6 Å². The van der Waals surface area contributed by atoms with Crippen LogP contribution in [0.25, 0.3) is 11.0 Å². The van der Waals surface area contributed by atoms with Crippen LogP contribution < -0.4 is 21.0 Å². The van der Waals surface area contributed by atoms with E-state index in [0.29, 0.717) is 23.8 Å². The predicted octanol–water partition coefficient (Wildman–Crippen LogP) is 6.01. The van der Waals surface area contributed by atoms with Crippen molar-refractivity contribution in [1.29, 1.82) is 0 Å². The summed E-state index contributed by atoms with van der Waals surface area (Å²) < 4.78 is 17.0. The van der Waals surface area contributed by atoms with Gasteiger partial charge in [0.15, 0.2) is 0 Å². The van der Waals surface area contributed by atoms with Crippen LogP contribution in [0.5, 0.6) is 11.5 Å². The highest BCUT2D eigenvalue weighted by Gasteiger charge is 2.26. The third kappa shape index (κ3) is 6.88. The van der Waals surface area contributed by atoms with Gasteiger partial charge in [0.2, 0.25) is 5.75 Å². The molecular formula is C29H36N2O5. The van der Waals surface area contributed by atoms with E-state index in [1.165, 1.54) is 0 Å². The van der Waals surface area contributed by atoms with Crippen molar-refractivity contribution in [2.45, 2.75) is 71.6 Å². The zero-order valence-electron chi connectivity index (χ0n) is 21.3. The number of hydrogen-bond acceptors (Lipinski definition) is 7. The molecule has 0 unspecified atom stereocenters. The van der Waals surface area contributed by atoms with Crippen molar-refractivity contribution in [2.24, 2.45) is 5.92 Å². The van der Waals surface area contributed by atoms with Crippen LogP contribution >= 0.6 is 0 Å². The highest BCUT2D eigenvalue weighted by atomic mass is 16.5. The van der Waals surface area contributed by atoms with Crippen LogP contribution in [0.15, 0.2) is 57.7 Å². The molecule has 1 saturated carbocycles. The Labute approximate surface area is 212 Å². The van der Waals surface area contributed by atoms with Crippen LogP contribution in [0.4, 0.5) is 5.69 Å². The number of carbonyl (C=O) groups excluding carboxylic acids is 1. The lowest BCUT2D eigenvalue weighted by Gasteiger charge is -2.22. The molecule has 0 aliphatic heterocycles. The molecule has 1 atom stereocenters. The van der Waals surface area contributed by atoms with Crippen LogP contribution in [-0.2, 0) is 16.1 Å². The van der Waals surface area contributed by atoms with E-state index in [0.717, 1.165) is 55.3 Å². The fourth-order valence-corrected chi connectivity index (χ4v) is 4.51. The maximum Gasteiger partial charge on any atom is 0.379 e. The molecule has 192 valence electrons. The smallest absolute Gasteiger partial charge is 0.379 e. The number of rotatable bonds is 11. The number of benzene rings is 2. The average Bonchev–Trinajstić information content (AvgIpc) is 3.36. The Bertz CT molecular complexity index is 1210. The molecule has 36 heavy (non-hydrogen) atoms. The first-order valence-electron chi connectivity index (χ1n) is 12.9. The number of fused-ring (bicyclic) bond motifs is 1. The fraction of sp³-hybridized carbons (Fsp3) is 0.448. The van der Waals surface area contributed by atoms with E-state index in [1.807, 2.05) is 49.4 Å². The summed E-state index contributed by atoms with van der Waals surface area (Å²) >= 11 is 0. The van der Waals surface area contributed by atoms with Gasteiger partial charge < -0.3 is 24.5 Å². The third-order valence-corrected chi connectivity index (χ3v) is 6.37. The summed E-state index contributed by atoms with van der Waals surface area (Å²) in [6.07, 6.45) is 4.98. The van der Waals surface area contributed by atoms with Crippen LogP contribution in [0.2, 0.25) is 0 Å². The molecule has 3 aromatic rings. The topological polar surface area (TPSA) is 89.8 Å². The number of nitrogens with one attached hydrogen (secondary N) is 2. The van der Waals surface area contributed by atoms with Crippen molar-refractivity contribution in [2.75, 3.05) is 11.9 Å². The number of ether oxygens (including phenoxy) is 2. The minimum atomic E-state index is -0.529. The minimum absolute atomic E-state index is 0.0631. The Morgan fingerprint density at radius 2 is 1.83 bits per heavy atom. The molecule has 0 amide bonds. The van der Waals surface area contributed by atoms with Crippen LogP contribution in [0, 0.1) is 5.92 Å². The first-order valence-corrected chi connectivity index (χ1v) is 12.9. The van der Waals surface area contributed by atoms with E-state index in [2.05, 4.69) is 24.5 Å². The lowest BCUT2D eigenvalue weighted by molar-refractivity contribution is -0.151. The molecule has 1 aliphatic carbocycles. The van der Waals surface area contributed by atoms with Gasteiger partial charge >= 0.3 is 11.6 Å². The summed E-state index contributed by atoms with van der Waals surface area (Å²) in [4.78, 5) is 25.2. The van der Waals surface area contributed by atoms with E-state index in [4.69, 9.17) is 13.9 Å². The SMILES string of the molecule is CCNc1ccc2cc(Oc3ccc(CN[C@@H](CC(C)C)C(=O)OC4CCCC4)cc3)c(=O)oc2c1. The minimum Gasteiger partial charge on any atom is -0.461 e. The number of carbonyl (C=O) groups is 1. The van der Waals surface area contributed by atoms with Crippen LogP contribution in [0.3, 0.4) is 0 Å². The van der Waals surface area contributed by atoms with Gasteiger partial charge in [0.1, 0.15) is 23.5 Å². The summed E-state index contributed by atoms with van der Waals surface area (Å²) in [5, 5.41) is 7.36. The normalized spacial score (nSPS) is 14.8. The Balaban J connectivity index is 1.38. The lowest BCUT2D eigenvalue weighted by atomic mass is 10.0. The molecule has 2 N–H and O–H groups in total. The zero-order valence-corrected chi connectivity index (χ0v) is 21.3. The molecule has 0 bridgehead atoms. The molecule has 1 fully saturated rings. The second-order valence-electron chi connectivity index (χ2n) is 9.83. The number of hydrogen-bond donors (Lipinski definition) is 2. The van der Waals surface area contributed by atoms with Gasteiger partial charge in [-0.3, -0.25) is 4.79 Å². The highest BCUT2D eigenvalue weighted by molar-refractivity contribution is 5.81. The third-order valence-electron chi connectivity index (χ3n) is 6.37. The first-order chi connectivity index (χ1) is 17.4. The van der Waals surface area contributed by atoms with E-state index >= 15 is 0 Å². The van der Waals surface area contributed by atoms with Crippen molar-refractivity contribution in [1.82, 2.24) is 5.32 Å². The molecule has 0 radical (unpaired) electrons. The molecule has 1 heterocycles. The predicted molar refractivity (Wildman–Crippen MR) is 142 cm³/mol. The second kappa shape index (κ2) is 12.1. The van der Waals surface area contributed by atoms with Crippen molar-refractivity contribution < 1.29 is 18.7 Å². The Morgan fingerprint density at radius 3 is 2.53 bits per heavy atom. The average molecular weight is 493 g/mol. The van der Waals surface area contributed by atoms with Gasteiger partial charge in [-0.25, -0.2) is 4.79 Å². The van der Waals surface area contributed by atoms with Gasteiger partial charge in [-0.2, -0.15) is 0 Å². The molecule has 2 aromatic carbocycles. The van der Waals surface area contributed by atoms with E-state index < -0.39 is 5.63 Å². The molecule has 7 nitrogen and oxygen atoms in total. The van der Waals surface area contributed by atoms with Crippen molar-refractivity contribution in [3.05, 3.63) is 64.5 Å². The maximum atomic E-state index is 12.7. The second-order valence-corrected chi connectivity index (χ2v) is 9.83. The highest BCUT2D eigenvalue weighted by Crippen LogP contribution is 2.25. The van der Waals surface area contributed by atoms with Gasteiger partial charge in [-0.1, -0.05) is 26.0 Å². The summed E-state index contributed by atoms with van der Waals surface area (Å²) in [7, 11) is 0. The van der Waals surface area contributed by atoms with Gasteiger partial charge in [-0.05, 0) is 80.8 Å². The molecule has 0 saturated heterocycles. The molecule has 7 heteroatoms. The Kier molecular flexibility index (Phi) is 8.65. The quantitative estimate of drug-likeness (QED) is 0.250. The van der Waals surface area contributed by atoms with Gasteiger partial charge in [0.05, 0.1) is 0 Å². The molecule has 1 aliphatic rings.